The van der Waals surface area contributed by atoms with Gasteiger partial charge in [-0.05, 0) is 44.1 Å². The van der Waals surface area contributed by atoms with Crippen LogP contribution in [0.1, 0.15) is 18.4 Å². The summed E-state index contributed by atoms with van der Waals surface area (Å²) in [5.74, 6) is -0.416. The molecule has 0 spiro atoms. The van der Waals surface area contributed by atoms with Gasteiger partial charge in [-0.2, -0.15) is 5.26 Å². The number of benzene rings is 1. The predicted octanol–water partition coefficient (Wildman–Crippen LogP) is 1.90. The van der Waals surface area contributed by atoms with E-state index in [4.69, 9.17) is 9.68 Å². The first kappa shape index (κ1) is 13.4. The van der Waals surface area contributed by atoms with Gasteiger partial charge in [-0.25, -0.2) is 4.79 Å². The lowest BCUT2D eigenvalue weighted by Crippen LogP contribution is -2.22. The summed E-state index contributed by atoms with van der Waals surface area (Å²) in [7, 11) is 2.05. The highest BCUT2D eigenvalue weighted by molar-refractivity contribution is 5.72. The molecule has 100 valence electrons. The highest BCUT2D eigenvalue weighted by Crippen LogP contribution is 2.13. The third kappa shape index (κ3) is 3.70. The van der Waals surface area contributed by atoms with Crippen LogP contribution in [0.15, 0.2) is 27.4 Å². The summed E-state index contributed by atoms with van der Waals surface area (Å²) in [6, 6.07) is 7.91. The molecule has 0 saturated carbocycles. The van der Waals surface area contributed by atoms with Crippen LogP contribution in [0.4, 0.5) is 0 Å². The van der Waals surface area contributed by atoms with Gasteiger partial charge in [0.15, 0.2) is 5.58 Å². The van der Waals surface area contributed by atoms with Crippen LogP contribution in [-0.4, -0.2) is 30.0 Å². The number of oxazole rings is 1. The van der Waals surface area contributed by atoms with Crippen molar-refractivity contribution >= 4 is 11.1 Å². The van der Waals surface area contributed by atoms with E-state index in [0.29, 0.717) is 12.0 Å². The monoisotopic (exact) mass is 259 g/mol. The molecule has 1 N–H and O–H groups in total. The van der Waals surface area contributed by atoms with Crippen molar-refractivity contribution in [2.24, 2.45) is 0 Å². The van der Waals surface area contributed by atoms with Gasteiger partial charge in [0.1, 0.15) is 0 Å². The van der Waals surface area contributed by atoms with E-state index in [9.17, 15) is 4.79 Å². The highest BCUT2D eigenvalue weighted by atomic mass is 16.4. The van der Waals surface area contributed by atoms with Crippen LogP contribution in [0.5, 0.6) is 0 Å². The molecule has 0 radical (unpaired) electrons. The molecular weight excluding hydrogens is 242 g/mol. The maximum absolute atomic E-state index is 11.1. The van der Waals surface area contributed by atoms with Crippen molar-refractivity contribution in [2.45, 2.75) is 19.3 Å². The molecule has 2 aromatic rings. The van der Waals surface area contributed by atoms with Crippen LogP contribution in [0.25, 0.3) is 11.1 Å². The van der Waals surface area contributed by atoms with Crippen LogP contribution >= 0.6 is 0 Å². The number of nitrogens with one attached hydrogen (secondary N) is 1. The number of H-pyrrole nitrogens is 1. The standard InChI is InChI=1S/C14H17N3O2/c1-17(8-3-2-7-15)9-6-11-4-5-12-13(10-11)19-14(18)16-12/h4-5,10H,2-3,6,8-9H2,1H3,(H,16,18). The maximum Gasteiger partial charge on any atom is 0.417 e. The molecule has 0 aliphatic heterocycles. The van der Waals surface area contributed by atoms with E-state index in [2.05, 4.69) is 16.0 Å². The normalized spacial score (nSPS) is 11.0. The summed E-state index contributed by atoms with van der Waals surface area (Å²) >= 11 is 0. The first-order valence-electron chi connectivity index (χ1n) is 6.36. The molecule has 0 aliphatic carbocycles. The fraction of sp³-hybridized carbons (Fsp3) is 0.429. The number of hydrogen-bond donors (Lipinski definition) is 1. The van der Waals surface area contributed by atoms with Crippen LogP contribution in [-0.2, 0) is 6.42 Å². The van der Waals surface area contributed by atoms with Crippen LogP contribution in [0, 0.1) is 11.3 Å². The Labute approximate surface area is 111 Å². The zero-order valence-corrected chi connectivity index (χ0v) is 11.0. The Kier molecular flexibility index (Phi) is 4.37. The first-order valence-corrected chi connectivity index (χ1v) is 6.36. The van der Waals surface area contributed by atoms with Crippen molar-refractivity contribution in [1.82, 2.24) is 9.88 Å². The van der Waals surface area contributed by atoms with Gasteiger partial charge < -0.3 is 9.32 Å². The van der Waals surface area contributed by atoms with Crippen molar-refractivity contribution in [1.29, 1.82) is 5.26 Å². The second-order valence-electron chi connectivity index (χ2n) is 4.66. The Hall–Kier alpha value is -2.06. The summed E-state index contributed by atoms with van der Waals surface area (Å²) in [5, 5.41) is 8.48. The summed E-state index contributed by atoms with van der Waals surface area (Å²) in [6.07, 6.45) is 2.40. The molecule has 0 saturated heterocycles. The maximum atomic E-state index is 11.1. The number of fused-ring (bicyclic) bond motifs is 1. The summed E-state index contributed by atoms with van der Waals surface area (Å²) < 4.78 is 5.03. The molecule has 0 aliphatic rings. The van der Waals surface area contributed by atoms with Gasteiger partial charge in [-0.15, -0.1) is 0 Å². The molecule has 0 bridgehead atoms. The van der Waals surface area contributed by atoms with Gasteiger partial charge in [0, 0.05) is 13.0 Å². The first-order chi connectivity index (χ1) is 9.19. The average molecular weight is 259 g/mol. The molecular formula is C14H17N3O2. The summed E-state index contributed by atoms with van der Waals surface area (Å²) in [5.41, 5.74) is 2.48. The molecule has 0 atom stereocenters. The van der Waals surface area contributed by atoms with E-state index in [1.165, 1.54) is 0 Å². The number of hydrogen-bond acceptors (Lipinski definition) is 4. The topological polar surface area (TPSA) is 73.0 Å². The van der Waals surface area contributed by atoms with Crippen molar-refractivity contribution in [2.75, 3.05) is 20.1 Å². The van der Waals surface area contributed by atoms with Crippen LogP contribution in [0.3, 0.4) is 0 Å². The van der Waals surface area contributed by atoms with Crippen LogP contribution in [0.2, 0.25) is 0 Å². The molecule has 0 unspecified atom stereocenters. The molecule has 1 aromatic heterocycles. The number of nitrogens with zero attached hydrogens (tertiary/aromatic N) is 2. The Balaban J connectivity index is 1.90. The highest BCUT2D eigenvalue weighted by Gasteiger charge is 2.04. The van der Waals surface area contributed by atoms with Gasteiger partial charge in [0.25, 0.3) is 0 Å². The molecule has 0 fully saturated rings. The lowest BCUT2D eigenvalue weighted by Gasteiger charge is -2.15. The fourth-order valence-corrected chi connectivity index (χ4v) is 2.01. The Bertz CT molecular complexity index is 636. The molecule has 19 heavy (non-hydrogen) atoms. The molecule has 1 heterocycles. The number of unbranched alkanes of at least 4 members (excludes halogenated alkanes) is 1. The Morgan fingerprint density at radius 1 is 1.42 bits per heavy atom. The number of aromatic amines is 1. The Morgan fingerprint density at radius 2 is 2.26 bits per heavy atom. The second kappa shape index (κ2) is 6.21. The van der Waals surface area contributed by atoms with E-state index in [-0.39, 0.29) is 0 Å². The van der Waals surface area contributed by atoms with Crippen molar-refractivity contribution in [3.63, 3.8) is 0 Å². The van der Waals surface area contributed by atoms with E-state index >= 15 is 0 Å². The summed E-state index contributed by atoms with van der Waals surface area (Å²) in [6.45, 7) is 1.85. The number of nitriles is 1. The lowest BCUT2D eigenvalue weighted by atomic mass is 10.1. The quantitative estimate of drug-likeness (QED) is 0.804. The van der Waals surface area contributed by atoms with Crippen molar-refractivity contribution in [3.8, 4) is 6.07 Å². The zero-order valence-electron chi connectivity index (χ0n) is 11.0. The molecule has 0 amide bonds. The van der Waals surface area contributed by atoms with Crippen LogP contribution < -0.4 is 5.76 Å². The predicted molar refractivity (Wildman–Crippen MR) is 72.9 cm³/mol. The van der Waals surface area contributed by atoms with Crippen molar-refractivity contribution < 1.29 is 4.42 Å². The van der Waals surface area contributed by atoms with Gasteiger partial charge >= 0.3 is 5.76 Å². The van der Waals surface area contributed by atoms with Gasteiger partial charge in [-0.3, -0.25) is 4.98 Å². The minimum absolute atomic E-state index is 0.416. The fourth-order valence-electron chi connectivity index (χ4n) is 2.01. The van der Waals surface area contributed by atoms with Gasteiger partial charge in [0.2, 0.25) is 0 Å². The van der Waals surface area contributed by atoms with Crippen molar-refractivity contribution in [3.05, 3.63) is 34.3 Å². The number of rotatable bonds is 6. The van der Waals surface area contributed by atoms with E-state index in [1.54, 1.807) is 0 Å². The Morgan fingerprint density at radius 3 is 3.05 bits per heavy atom. The molecule has 1 aromatic carbocycles. The van der Waals surface area contributed by atoms with E-state index < -0.39 is 5.76 Å². The number of likely N-dealkylation sites (N-methyl/N-ethyl adjacent to an activating group) is 1. The molecule has 5 nitrogen and oxygen atoms in total. The largest absolute Gasteiger partial charge is 0.417 e. The smallest absolute Gasteiger partial charge is 0.408 e. The van der Waals surface area contributed by atoms with E-state index in [1.807, 2.05) is 25.2 Å². The SMILES string of the molecule is CN(CCCC#N)CCc1ccc2[nH]c(=O)oc2c1. The van der Waals surface area contributed by atoms with Gasteiger partial charge in [-0.1, -0.05) is 6.07 Å². The average Bonchev–Trinajstić information content (AvgIpc) is 2.76. The number of aromatic nitrogens is 1. The molecule has 2 rings (SSSR count). The molecule has 5 heteroatoms. The third-order valence-corrected chi connectivity index (χ3v) is 3.10. The van der Waals surface area contributed by atoms with E-state index in [0.717, 1.165) is 37.0 Å². The lowest BCUT2D eigenvalue weighted by molar-refractivity contribution is 0.335. The second-order valence-corrected chi connectivity index (χ2v) is 4.66. The third-order valence-electron chi connectivity index (χ3n) is 3.10. The summed E-state index contributed by atoms with van der Waals surface area (Å²) in [4.78, 5) is 15.9. The minimum atomic E-state index is -0.416. The zero-order chi connectivity index (χ0) is 13.7. The van der Waals surface area contributed by atoms with Gasteiger partial charge in [0.05, 0.1) is 11.6 Å². The minimum Gasteiger partial charge on any atom is -0.408 e.